The van der Waals surface area contributed by atoms with E-state index in [0.29, 0.717) is 25.3 Å². The van der Waals surface area contributed by atoms with Gasteiger partial charge in [-0.25, -0.2) is 4.39 Å². The van der Waals surface area contributed by atoms with Crippen molar-refractivity contribution in [2.75, 3.05) is 25.0 Å². The molecule has 1 aromatic heterocycles. The molecule has 1 aliphatic rings. The minimum absolute atomic E-state index is 0.219. The predicted molar refractivity (Wildman–Crippen MR) is 91.9 cm³/mol. The molecule has 1 atom stereocenters. The normalized spacial score (nSPS) is 16.6. The van der Waals surface area contributed by atoms with Crippen LogP contribution in [0.1, 0.15) is 28.9 Å². The lowest BCUT2D eigenvalue weighted by molar-refractivity contribution is 0.0948. The number of rotatable bonds is 7. The molecular weight excluding hydrogens is 323 g/mol. The van der Waals surface area contributed by atoms with Crippen LogP contribution in [0.4, 0.5) is 10.2 Å². The van der Waals surface area contributed by atoms with Gasteiger partial charge in [-0.05, 0) is 49.1 Å². The summed E-state index contributed by atoms with van der Waals surface area (Å²) < 4.78 is 18.4. The number of nitrogens with zero attached hydrogens (tertiary/aromatic N) is 2. The number of nitrogens with one attached hydrogen (secondary N) is 2. The van der Waals surface area contributed by atoms with Gasteiger partial charge in [-0.2, -0.15) is 0 Å². The fraction of sp³-hybridized carbons (Fsp3) is 0.389. The number of amides is 1. The largest absolute Gasteiger partial charge is 0.376 e. The summed E-state index contributed by atoms with van der Waals surface area (Å²) in [6.45, 7) is 1.96. The van der Waals surface area contributed by atoms with Gasteiger partial charge in [-0.1, -0.05) is 12.1 Å². The molecule has 7 heteroatoms. The second kappa shape index (κ2) is 8.53. The molecule has 2 heterocycles. The average molecular weight is 344 g/mol. The SMILES string of the molecule is O=C(NCCc1ccc(F)cc1)c1ccc(NCC2CCCO2)nn1. The molecule has 0 aliphatic carbocycles. The van der Waals surface area contributed by atoms with Crippen LogP contribution in [0.25, 0.3) is 0 Å². The third-order valence-corrected chi connectivity index (χ3v) is 4.04. The maximum atomic E-state index is 12.8. The Balaban J connectivity index is 1.42. The van der Waals surface area contributed by atoms with Crippen LogP contribution in [0.3, 0.4) is 0 Å². The Morgan fingerprint density at radius 1 is 1.20 bits per heavy atom. The number of carbonyl (C=O) groups excluding carboxylic acids is 1. The van der Waals surface area contributed by atoms with Gasteiger partial charge in [0.2, 0.25) is 0 Å². The molecule has 25 heavy (non-hydrogen) atoms. The number of anilines is 1. The minimum Gasteiger partial charge on any atom is -0.376 e. The van der Waals surface area contributed by atoms with Crippen LogP contribution in [0, 0.1) is 5.82 Å². The van der Waals surface area contributed by atoms with Crippen molar-refractivity contribution in [3.05, 3.63) is 53.5 Å². The first-order chi connectivity index (χ1) is 12.2. The lowest BCUT2D eigenvalue weighted by atomic mass is 10.1. The van der Waals surface area contributed by atoms with E-state index in [1.807, 2.05) is 0 Å². The van der Waals surface area contributed by atoms with Crippen molar-refractivity contribution >= 4 is 11.7 Å². The van der Waals surface area contributed by atoms with E-state index in [1.165, 1.54) is 12.1 Å². The molecule has 0 bridgehead atoms. The molecule has 1 amide bonds. The monoisotopic (exact) mass is 344 g/mol. The molecule has 1 unspecified atom stereocenters. The predicted octanol–water partition coefficient (Wildman–Crippen LogP) is 2.18. The van der Waals surface area contributed by atoms with E-state index >= 15 is 0 Å². The first-order valence-electron chi connectivity index (χ1n) is 8.42. The Bertz CT molecular complexity index is 685. The zero-order valence-corrected chi connectivity index (χ0v) is 13.9. The van der Waals surface area contributed by atoms with Crippen LogP contribution in [-0.4, -0.2) is 41.9 Å². The first kappa shape index (κ1) is 17.3. The lowest BCUT2D eigenvalue weighted by Gasteiger charge is -2.11. The fourth-order valence-electron chi connectivity index (χ4n) is 2.63. The smallest absolute Gasteiger partial charge is 0.271 e. The zero-order chi connectivity index (χ0) is 17.5. The molecular formula is C18H21FN4O2. The lowest BCUT2D eigenvalue weighted by Crippen LogP contribution is -2.27. The molecule has 6 nitrogen and oxygen atoms in total. The van der Waals surface area contributed by atoms with Gasteiger partial charge in [-0.15, -0.1) is 10.2 Å². The summed E-state index contributed by atoms with van der Waals surface area (Å²) in [6.07, 6.45) is 2.99. The third kappa shape index (κ3) is 5.22. The van der Waals surface area contributed by atoms with E-state index in [2.05, 4.69) is 20.8 Å². The Labute approximate surface area is 145 Å². The number of hydrogen-bond donors (Lipinski definition) is 2. The van der Waals surface area contributed by atoms with E-state index in [1.54, 1.807) is 24.3 Å². The van der Waals surface area contributed by atoms with Gasteiger partial charge < -0.3 is 15.4 Å². The molecule has 0 radical (unpaired) electrons. The number of halogens is 1. The highest BCUT2D eigenvalue weighted by Crippen LogP contribution is 2.12. The molecule has 3 rings (SSSR count). The van der Waals surface area contributed by atoms with E-state index < -0.39 is 0 Å². The van der Waals surface area contributed by atoms with Gasteiger partial charge in [0, 0.05) is 19.7 Å². The van der Waals surface area contributed by atoms with Crippen molar-refractivity contribution < 1.29 is 13.9 Å². The summed E-state index contributed by atoms with van der Waals surface area (Å²) in [5, 5.41) is 13.9. The summed E-state index contributed by atoms with van der Waals surface area (Å²) in [5.41, 5.74) is 1.23. The quantitative estimate of drug-likeness (QED) is 0.805. The van der Waals surface area contributed by atoms with E-state index in [0.717, 1.165) is 25.0 Å². The number of carbonyl (C=O) groups is 1. The number of benzene rings is 1. The Hall–Kier alpha value is -2.54. The van der Waals surface area contributed by atoms with Crippen LogP contribution in [0.5, 0.6) is 0 Å². The number of ether oxygens (including phenoxy) is 1. The molecule has 0 spiro atoms. The highest BCUT2D eigenvalue weighted by atomic mass is 19.1. The van der Waals surface area contributed by atoms with Crippen LogP contribution in [0.15, 0.2) is 36.4 Å². The molecule has 1 aromatic carbocycles. The van der Waals surface area contributed by atoms with Crippen molar-refractivity contribution in [2.24, 2.45) is 0 Å². The van der Waals surface area contributed by atoms with Crippen LogP contribution < -0.4 is 10.6 Å². The molecule has 0 saturated carbocycles. The fourth-order valence-corrected chi connectivity index (χ4v) is 2.63. The summed E-state index contributed by atoms with van der Waals surface area (Å²) in [7, 11) is 0. The second-order valence-corrected chi connectivity index (χ2v) is 5.95. The van der Waals surface area contributed by atoms with Gasteiger partial charge in [0.15, 0.2) is 5.69 Å². The summed E-state index contributed by atoms with van der Waals surface area (Å²) in [5.74, 6) is 0.0786. The Morgan fingerprint density at radius 2 is 2.04 bits per heavy atom. The van der Waals surface area contributed by atoms with E-state index in [4.69, 9.17) is 4.74 Å². The maximum absolute atomic E-state index is 12.8. The third-order valence-electron chi connectivity index (χ3n) is 4.04. The minimum atomic E-state index is -0.278. The molecule has 1 aliphatic heterocycles. The van der Waals surface area contributed by atoms with Gasteiger partial charge in [0.05, 0.1) is 6.10 Å². The van der Waals surface area contributed by atoms with Crippen LogP contribution >= 0.6 is 0 Å². The van der Waals surface area contributed by atoms with Crippen LogP contribution in [-0.2, 0) is 11.2 Å². The van der Waals surface area contributed by atoms with Gasteiger partial charge in [-0.3, -0.25) is 4.79 Å². The van der Waals surface area contributed by atoms with Gasteiger partial charge in [0.25, 0.3) is 5.91 Å². The summed E-state index contributed by atoms with van der Waals surface area (Å²) in [6, 6.07) is 9.59. The molecule has 132 valence electrons. The topological polar surface area (TPSA) is 76.1 Å². The number of aromatic nitrogens is 2. The van der Waals surface area contributed by atoms with Crippen molar-refractivity contribution in [3.8, 4) is 0 Å². The Kier molecular flexibility index (Phi) is 5.90. The van der Waals surface area contributed by atoms with Crippen molar-refractivity contribution in [2.45, 2.75) is 25.4 Å². The average Bonchev–Trinajstić information content (AvgIpc) is 3.15. The van der Waals surface area contributed by atoms with E-state index in [-0.39, 0.29) is 23.5 Å². The van der Waals surface area contributed by atoms with Gasteiger partial charge >= 0.3 is 0 Å². The molecule has 1 fully saturated rings. The number of hydrogen-bond acceptors (Lipinski definition) is 5. The molecule has 2 aromatic rings. The highest BCUT2D eigenvalue weighted by molar-refractivity contribution is 5.92. The zero-order valence-electron chi connectivity index (χ0n) is 13.9. The standard InChI is InChI=1S/C18H21FN4O2/c19-14-5-3-13(4-6-14)9-10-20-18(24)16-7-8-17(23-22-16)21-12-15-2-1-11-25-15/h3-8,15H,1-2,9-12H2,(H,20,24)(H,21,23). The van der Waals surface area contributed by atoms with Crippen molar-refractivity contribution in [3.63, 3.8) is 0 Å². The maximum Gasteiger partial charge on any atom is 0.271 e. The molecule has 1 saturated heterocycles. The van der Waals surface area contributed by atoms with Crippen LogP contribution in [0.2, 0.25) is 0 Å². The summed E-state index contributed by atoms with van der Waals surface area (Å²) in [4.78, 5) is 12.1. The van der Waals surface area contributed by atoms with Gasteiger partial charge in [0.1, 0.15) is 11.6 Å². The Morgan fingerprint density at radius 3 is 2.72 bits per heavy atom. The van der Waals surface area contributed by atoms with Crippen molar-refractivity contribution in [1.29, 1.82) is 0 Å². The second-order valence-electron chi connectivity index (χ2n) is 5.95. The van der Waals surface area contributed by atoms with E-state index in [9.17, 15) is 9.18 Å². The summed E-state index contributed by atoms with van der Waals surface area (Å²) >= 11 is 0. The first-order valence-corrected chi connectivity index (χ1v) is 8.42. The highest BCUT2D eigenvalue weighted by Gasteiger charge is 2.15. The molecule has 2 N–H and O–H groups in total. The van der Waals surface area contributed by atoms with Crippen molar-refractivity contribution in [1.82, 2.24) is 15.5 Å².